The molecule has 2 amide bonds. The number of ether oxygens (including phenoxy) is 1. The fourth-order valence-electron chi connectivity index (χ4n) is 2.25. The Labute approximate surface area is 106 Å². The van der Waals surface area contributed by atoms with Crippen molar-refractivity contribution >= 4 is 12.0 Å². The van der Waals surface area contributed by atoms with Crippen molar-refractivity contribution in [3.63, 3.8) is 0 Å². The summed E-state index contributed by atoms with van der Waals surface area (Å²) in [6.45, 7) is 2.09. The number of hydrogen-bond donors (Lipinski definition) is 1. The summed E-state index contributed by atoms with van der Waals surface area (Å²) in [5, 5.41) is 2.23. The minimum atomic E-state index is -1.13. The number of benzene rings is 1. The van der Waals surface area contributed by atoms with Gasteiger partial charge in [0.05, 0.1) is 0 Å². The van der Waals surface area contributed by atoms with Gasteiger partial charge in [-0.2, -0.15) is 0 Å². The molecule has 1 N–H and O–H groups in total. The Bertz CT molecular complexity index is 444. The third kappa shape index (κ3) is 2.23. The number of nitrogens with one attached hydrogen (secondary N) is 1. The summed E-state index contributed by atoms with van der Waals surface area (Å²) in [6, 6.07) is 9.21. The second-order valence-corrected chi connectivity index (χ2v) is 4.49. The van der Waals surface area contributed by atoms with E-state index >= 15 is 0 Å². The number of amides is 2. The molecule has 0 saturated carbocycles. The second kappa shape index (κ2) is 5.21. The number of carbonyl (C=O) groups excluding carboxylic acids is 2. The Morgan fingerprint density at radius 3 is 2.44 bits per heavy atom. The predicted octanol–water partition coefficient (Wildman–Crippen LogP) is 2.73. The fourth-order valence-corrected chi connectivity index (χ4v) is 2.25. The molecule has 0 radical (unpaired) electrons. The molecule has 1 heterocycles. The van der Waals surface area contributed by atoms with Gasteiger partial charge in [-0.3, -0.25) is 10.1 Å². The molecule has 2 rings (SSSR count). The molecule has 0 aromatic heterocycles. The van der Waals surface area contributed by atoms with E-state index in [1.165, 1.54) is 0 Å². The Morgan fingerprint density at radius 1 is 1.17 bits per heavy atom. The molecule has 1 fully saturated rings. The summed E-state index contributed by atoms with van der Waals surface area (Å²) in [4.78, 5) is 23.4. The van der Waals surface area contributed by atoms with Crippen molar-refractivity contribution in [2.75, 3.05) is 0 Å². The molecule has 0 aliphatic carbocycles. The maximum atomic E-state index is 12.0. The Kier molecular flexibility index (Phi) is 3.65. The summed E-state index contributed by atoms with van der Waals surface area (Å²) < 4.78 is 5.29. The van der Waals surface area contributed by atoms with Crippen molar-refractivity contribution in [1.29, 1.82) is 0 Å². The summed E-state index contributed by atoms with van der Waals surface area (Å²) >= 11 is 0. The van der Waals surface area contributed by atoms with E-state index in [9.17, 15) is 9.59 Å². The first-order valence-corrected chi connectivity index (χ1v) is 6.29. The van der Waals surface area contributed by atoms with Gasteiger partial charge in [-0.25, -0.2) is 4.79 Å². The number of carbonyl (C=O) groups is 2. The lowest BCUT2D eigenvalue weighted by Crippen LogP contribution is -2.36. The highest BCUT2D eigenvalue weighted by molar-refractivity contribution is 6.03. The molecule has 0 bridgehead atoms. The average Bonchev–Trinajstić information content (AvgIpc) is 2.67. The molecule has 4 nitrogen and oxygen atoms in total. The highest BCUT2D eigenvalue weighted by Crippen LogP contribution is 2.35. The molecular weight excluding hydrogens is 230 g/mol. The van der Waals surface area contributed by atoms with Crippen molar-refractivity contribution in [3.05, 3.63) is 35.9 Å². The summed E-state index contributed by atoms with van der Waals surface area (Å²) in [6.07, 6.45) is 2.80. The van der Waals surface area contributed by atoms with E-state index < -0.39 is 11.7 Å². The van der Waals surface area contributed by atoms with Crippen molar-refractivity contribution in [2.45, 2.75) is 38.2 Å². The quantitative estimate of drug-likeness (QED) is 0.814. The van der Waals surface area contributed by atoms with E-state index in [1.54, 1.807) is 0 Å². The van der Waals surface area contributed by atoms with Gasteiger partial charge >= 0.3 is 6.09 Å². The van der Waals surface area contributed by atoms with E-state index in [-0.39, 0.29) is 5.91 Å². The van der Waals surface area contributed by atoms with Gasteiger partial charge in [0.2, 0.25) is 5.60 Å². The maximum absolute atomic E-state index is 12.0. The van der Waals surface area contributed by atoms with Crippen LogP contribution in [-0.2, 0) is 15.1 Å². The lowest BCUT2D eigenvalue weighted by Gasteiger charge is -2.24. The number of unbranched alkanes of at least 4 members (excludes halogenated alkanes) is 2. The van der Waals surface area contributed by atoms with E-state index in [0.29, 0.717) is 6.42 Å². The molecule has 1 aromatic carbocycles. The molecule has 1 saturated heterocycles. The fraction of sp³-hybridized carbons (Fsp3) is 0.429. The molecule has 1 atom stereocenters. The van der Waals surface area contributed by atoms with E-state index in [0.717, 1.165) is 24.8 Å². The van der Waals surface area contributed by atoms with Crippen molar-refractivity contribution in [3.8, 4) is 0 Å². The Hall–Kier alpha value is -1.84. The lowest BCUT2D eigenvalue weighted by molar-refractivity contribution is -0.132. The van der Waals surface area contributed by atoms with E-state index in [2.05, 4.69) is 12.2 Å². The zero-order chi connectivity index (χ0) is 13.0. The summed E-state index contributed by atoms with van der Waals surface area (Å²) in [7, 11) is 0. The van der Waals surface area contributed by atoms with Crippen LogP contribution < -0.4 is 5.32 Å². The highest BCUT2D eigenvalue weighted by atomic mass is 16.6. The molecule has 4 heteroatoms. The lowest BCUT2D eigenvalue weighted by atomic mass is 9.87. The number of rotatable bonds is 5. The normalized spacial score (nSPS) is 22.7. The average molecular weight is 247 g/mol. The third-order valence-electron chi connectivity index (χ3n) is 3.22. The first kappa shape index (κ1) is 12.6. The van der Waals surface area contributed by atoms with Crippen molar-refractivity contribution in [1.82, 2.24) is 5.32 Å². The minimum absolute atomic E-state index is 0.352. The first-order chi connectivity index (χ1) is 8.69. The van der Waals surface area contributed by atoms with Crippen LogP contribution >= 0.6 is 0 Å². The molecule has 96 valence electrons. The van der Waals surface area contributed by atoms with Crippen molar-refractivity contribution in [2.24, 2.45) is 0 Å². The topological polar surface area (TPSA) is 55.4 Å². The molecule has 18 heavy (non-hydrogen) atoms. The predicted molar refractivity (Wildman–Crippen MR) is 66.9 cm³/mol. The van der Waals surface area contributed by atoms with Crippen LogP contribution in [-0.4, -0.2) is 12.0 Å². The standard InChI is InChI=1S/C14H17NO3/c1-2-3-7-10-14(11-8-5-4-6-9-11)12(16)15-13(17)18-14/h4-6,8-9H,2-3,7,10H2,1H3,(H,15,16,17). The van der Waals surface area contributed by atoms with Gasteiger partial charge in [-0.15, -0.1) is 0 Å². The molecule has 1 aliphatic rings. The van der Waals surface area contributed by atoms with Crippen LogP contribution in [0.3, 0.4) is 0 Å². The van der Waals surface area contributed by atoms with Gasteiger partial charge in [-0.05, 0) is 6.42 Å². The van der Waals surface area contributed by atoms with Gasteiger partial charge in [-0.1, -0.05) is 50.1 Å². The van der Waals surface area contributed by atoms with E-state index in [1.807, 2.05) is 30.3 Å². The first-order valence-electron chi connectivity index (χ1n) is 6.29. The van der Waals surface area contributed by atoms with Crippen LogP contribution in [0.5, 0.6) is 0 Å². The largest absolute Gasteiger partial charge is 0.427 e. The molecule has 1 aliphatic heterocycles. The Morgan fingerprint density at radius 2 is 1.89 bits per heavy atom. The van der Waals surface area contributed by atoms with Crippen LogP contribution in [0.1, 0.15) is 38.2 Å². The molecular formula is C14H17NO3. The van der Waals surface area contributed by atoms with Crippen molar-refractivity contribution < 1.29 is 14.3 Å². The number of alkyl carbamates (subject to hydrolysis) is 1. The molecule has 0 spiro atoms. The van der Waals surface area contributed by atoms with Crippen LogP contribution in [0.4, 0.5) is 4.79 Å². The van der Waals surface area contributed by atoms with Gasteiger partial charge in [0.15, 0.2) is 0 Å². The molecule has 1 aromatic rings. The highest BCUT2D eigenvalue weighted by Gasteiger charge is 2.49. The van der Waals surface area contributed by atoms with Crippen LogP contribution in [0, 0.1) is 0 Å². The number of imide groups is 1. The second-order valence-electron chi connectivity index (χ2n) is 4.49. The monoisotopic (exact) mass is 247 g/mol. The van der Waals surface area contributed by atoms with Gasteiger partial charge in [0, 0.05) is 12.0 Å². The third-order valence-corrected chi connectivity index (χ3v) is 3.22. The van der Waals surface area contributed by atoms with Crippen LogP contribution in [0.25, 0.3) is 0 Å². The molecule has 1 unspecified atom stereocenters. The van der Waals surface area contributed by atoms with Crippen LogP contribution in [0.2, 0.25) is 0 Å². The van der Waals surface area contributed by atoms with Crippen LogP contribution in [0.15, 0.2) is 30.3 Å². The Balaban J connectivity index is 2.29. The van der Waals surface area contributed by atoms with Gasteiger partial charge in [0.25, 0.3) is 5.91 Å². The smallest absolute Gasteiger partial charge is 0.415 e. The number of hydrogen-bond acceptors (Lipinski definition) is 3. The van der Waals surface area contributed by atoms with Gasteiger partial charge < -0.3 is 4.74 Å². The summed E-state index contributed by atoms with van der Waals surface area (Å²) in [5.41, 5.74) is -0.391. The summed E-state index contributed by atoms with van der Waals surface area (Å²) in [5.74, 6) is -0.352. The SMILES string of the molecule is CCCCCC1(c2ccccc2)OC(=O)NC1=O. The zero-order valence-corrected chi connectivity index (χ0v) is 10.4. The number of cyclic esters (lactones) is 1. The zero-order valence-electron chi connectivity index (χ0n) is 10.4. The minimum Gasteiger partial charge on any atom is -0.427 e. The van der Waals surface area contributed by atoms with E-state index in [4.69, 9.17) is 4.74 Å². The maximum Gasteiger partial charge on any atom is 0.415 e. The van der Waals surface area contributed by atoms with Gasteiger partial charge in [0.1, 0.15) is 0 Å².